The van der Waals surface area contributed by atoms with E-state index in [1.54, 1.807) is 31.2 Å². The van der Waals surface area contributed by atoms with Crippen molar-refractivity contribution in [2.75, 3.05) is 0 Å². The quantitative estimate of drug-likeness (QED) is 0.588. The summed E-state index contributed by atoms with van der Waals surface area (Å²) < 4.78 is 5.65. The van der Waals surface area contributed by atoms with Gasteiger partial charge >= 0.3 is 0 Å². The third kappa shape index (κ3) is 4.42. The average Bonchev–Trinajstić information content (AvgIpc) is 2.54. The maximum Gasteiger partial charge on any atom is 0.185 e. The molecule has 0 aromatic heterocycles. The van der Waals surface area contributed by atoms with Crippen molar-refractivity contribution in [3.8, 4) is 11.5 Å². The molecule has 0 saturated carbocycles. The number of rotatable bonds is 6. The van der Waals surface area contributed by atoms with Crippen molar-refractivity contribution >= 4 is 11.6 Å². The van der Waals surface area contributed by atoms with Gasteiger partial charge in [0.05, 0.1) is 0 Å². The van der Waals surface area contributed by atoms with Gasteiger partial charge in [-0.2, -0.15) is 0 Å². The number of hydrogen-bond acceptors (Lipinski definition) is 3. The highest BCUT2D eigenvalue weighted by atomic mass is 16.5. The zero-order valence-electron chi connectivity index (χ0n) is 11.8. The van der Waals surface area contributed by atoms with Crippen LogP contribution < -0.4 is 4.74 Å². The smallest absolute Gasteiger partial charge is 0.185 e. The van der Waals surface area contributed by atoms with Gasteiger partial charge in [0.1, 0.15) is 11.5 Å². The number of para-hydroxylation sites is 1. The third-order valence-electron chi connectivity index (χ3n) is 2.89. The van der Waals surface area contributed by atoms with Gasteiger partial charge in [-0.15, -0.1) is 0 Å². The SMILES string of the molecule is CCC(=O)/C=C\C(=O)c1ccc(Oc2ccccc2)cc1. The Morgan fingerprint density at radius 1 is 0.905 bits per heavy atom. The van der Waals surface area contributed by atoms with Crippen LogP contribution in [0.25, 0.3) is 0 Å². The van der Waals surface area contributed by atoms with Gasteiger partial charge in [-0.05, 0) is 48.6 Å². The summed E-state index contributed by atoms with van der Waals surface area (Å²) in [5, 5.41) is 0. The number of carbonyl (C=O) groups excluding carboxylic acids is 2. The van der Waals surface area contributed by atoms with E-state index in [0.717, 1.165) is 5.75 Å². The number of benzene rings is 2. The van der Waals surface area contributed by atoms with Crippen LogP contribution in [0.2, 0.25) is 0 Å². The lowest BCUT2D eigenvalue weighted by Crippen LogP contribution is -1.96. The summed E-state index contributed by atoms with van der Waals surface area (Å²) in [6, 6.07) is 16.2. The minimum absolute atomic E-state index is 0.0626. The van der Waals surface area contributed by atoms with E-state index in [2.05, 4.69) is 0 Å². The molecule has 0 aliphatic heterocycles. The Labute approximate surface area is 123 Å². The van der Waals surface area contributed by atoms with Crippen LogP contribution in [-0.2, 0) is 4.79 Å². The lowest BCUT2D eigenvalue weighted by Gasteiger charge is -2.05. The van der Waals surface area contributed by atoms with Crippen molar-refractivity contribution in [3.05, 3.63) is 72.3 Å². The predicted molar refractivity (Wildman–Crippen MR) is 81.7 cm³/mol. The molecule has 106 valence electrons. The molecule has 3 heteroatoms. The summed E-state index contributed by atoms with van der Waals surface area (Å²) in [5.41, 5.74) is 0.524. The molecule has 21 heavy (non-hydrogen) atoms. The first-order valence-corrected chi connectivity index (χ1v) is 6.77. The van der Waals surface area contributed by atoms with Gasteiger partial charge in [0, 0.05) is 12.0 Å². The van der Waals surface area contributed by atoms with Gasteiger partial charge in [0.15, 0.2) is 11.6 Å². The Bertz CT molecular complexity index is 640. The summed E-state index contributed by atoms with van der Waals surface area (Å²) in [5.74, 6) is 1.15. The van der Waals surface area contributed by atoms with Crippen LogP contribution in [0.5, 0.6) is 11.5 Å². The third-order valence-corrected chi connectivity index (χ3v) is 2.89. The van der Waals surface area contributed by atoms with Crippen LogP contribution in [0.1, 0.15) is 23.7 Å². The molecule has 0 fully saturated rings. The van der Waals surface area contributed by atoms with E-state index < -0.39 is 0 Å². The summed E-state index contributed by atoms with van der Waals surface area (Å²) in [7, 11) is 0. The Morgan fingerprint density at radius 3 is 2.14 bits per heavy atom. The molecule has 0 saturated heterocycles. The molecule has 2 aromatic rings. The van der Waals surface area contributed by atoms with E-state index in [0.29, 0.717) is 17.7 Å². The number of allylic oxidation sites excluding steroid dienone is 2. The summed E-state index contributed by atoms with van der Waals surface area (Å²) in [6.07, 6.45) is 3.02. The summed E-state index contributed by atoms with van der Waals surface area (Å²) in [4.78, 5) is 23.0. The monoisotopic (exact) mass is 280 g/mol. The van der Waals surface area contributed by atoms with Crippen molar-refractivity contribution in [2.45, 2.75) is 13.3 Å². The topological polar surface area (TPSA) is 43.4 Å². The standard InChI is InChI=1S/C18H16O3/c1-2-15(19)10-13-18(20)14-8-11-17(12-9-14)21-16-6-4-3-5-7-16/h3-13H,2H2,1H3/b13-10-. The fraction of sp³-hybridized carbons (Fsp3) is 0.111. The number of hydrogen-bond donors (Lipinski definition) is 0. The van der Waals surface area contributed by atoms with E-state index in [1.807, 2.05) is 30.3 Å². The number of ketones is 2. The molecule has 0 radical (unpaired) electrons. The fourth-order valence-electron chi connectivity index (χ4n) is 1.69. The number of carbonyl (C=O) groups is 2. The highest BCUT2D eigenvalue weighted by molar-refractivity contribution is 6.07. The van der Waals surface area contributed by atoms with Gasteiger partial charge in [-0.3, -0.25) is 9.59 Å². The first-order chi connectivity index (χ1) is 10.2. The van der Waals surface area contributed by atoms with Crippen LogP contribution in [0.4, 0.5) is 0 Å². The lowest BCUT2D eigenvalue weighted by atomic mass is 10.1. The first-order valence-electron chi connectivity index (χ1n) is 6.77. The molecular weight excluding hydrogens is 264 g/mol. The largest absolute Gasteiger partial charge is 0.457 e. The molecule has 0 unspecified atom stereocenters. The van der Waals surface area contributed by atoms with Crippen molar-refractivity contribution in [2.24, 2.45) is 0 Å². The summed E-state index contributed by atoms with van der Waals surface area (Å²) >= 11 is 0. The molecule has 2 aromatic carbocycles. The van der Waals surface area contributed by atoms with Crippen molar-refractivity contribution in [3.63, 3.8) is 0 Å². The average molecular weight is 280 g/mol. The molecular formula is C18H16O3. The maximum atomic E-state index is 11.9. The van der Waals surface area contributed by atoms with Gasteiger partial charge < -0.3 is 4.74 Å². The second-order valence-corrected chi connectivity index (χ2v) is 4.46. The molecule has 0 N–H and O–H groups in total. The molecule has 0 atom stereocenters. The van der Waals surface area contributed by atoms with Crippen LogP contribution in [0, 0.1) is 0 Å². The van der Waals surface area contributed by atoms with E-state index in [1.165, 1.54) is 12.2 Å². The van der Waals surface area contributed by atoms with Gasteiger partial charge in [-0.25, -0.2) is 0 Å². The maximum absolute atomic E-state index is 11.9. The van der Waals surface area contributed by atoms with Crippen LogP contribution in [0.15, 0.2) is 66.7 Å². The highest BCUT2D eigenvalue weighted by Gasteiger charge is 2.03. The second kappa shape index (κ2) is 7.20. The lowest BCUT2D eigenvalue weighted by molar-refractivity contribution is -0.114. The Kier molecular flexibility index (Phi) is 5.04. The van der Waals surface area contributed by atoms with Gasteiger partial charge in [-0.1, -0.05) is 25.1 Å². The van der Waals surface area contributed by atoms with Gasteiger partial charge in [0.25, 0.3) is 0 Å². The molecule has 0 heterocycles. The summed E-state index contributed by atoms with van der Waals surface area (Å²) in [6.45, 7) is 1.76. The first kappa shape index (κ1) is 14.7. The molecule has 0 aliphatic rings. The van der Waals surface area contributed by atoms with Gasteiger partial charge in [0.2, 0.25) is 0 Å². The number of ether oxygens (including phenoxy) is 1. The predicted octanol–water partition coefficient (Wildman–Crippen LogP) is 4.20. The Balaban J connectivity index is 2.03. The molecule has 0 amide bonds. The van der Waals surface area contributed by atoms with E-state index in [-0.39, 0.29) is 11.6 Å². The van der Waals surface area contributed by atoms with Crippen LogP contribution >= 0.6 is 0 Å². The van der Waals surface area contributed by atoms with Crippen LogP contribution in [-0.4, -0.2) is 11.6 Å². The van der Waals surface area contributed by atoms with Crippen LogP contribution in [0.3, 0.4) is 0 Å². The van der Waals surface area contributed by atoms with Crippen molar-refractivity contribution < 1.29 is 14.3 Å². The second-order valence-electron chi connectivity index (χ2n) is 4.46. The molecule has 0 bridgehead atoms. The minimum atomic E-state index is -0.192. The molecule has 2 rings (SSSR count). The normalized spacial score (nSPS) is 10.5. The van der Waals surface area contributed by atoms with Crippen molar-refractivity contribution in [1.82, 2.24) is 0 Å². The Hall–Kier alpha value is -2.68. The molecule has 3 nitrogen and oxygen atoms in total. The zero-order valence-corrected chi connectivity index (χ0v) is 11.8. The zero-order chi connectivity index (χ0) is 15.1. The van der Waals surface area contributed by atoms with E-state index >= 15 is 0 Å². The molecule has 0 aliphatic carbocycles. The highest BCUT2D eigenvalue weighted by Crippen LogP contribution is 2.21. The minimum Gasteiger partial charge on any atom is -0.457 e. The van der Waals surface area contributed by atoms with Crippen molar-refractivity contribution in [1.29, 1.82) is 0 Å². The van der Waals surface area contributed by atoms with E-state index in [9.17, 15) is 9.59 Å². The van der Waals surface area contributed by atoms with E-state index in [4.69, 9.17) is 4.74 Å². The Morgan fingerprint density at radius 2 is 1.52 bits per heavy atom. The molecule has 0 spiro atoms. The fourth-order valence-corrected chi connectivity index (χ4v) is 1.69.